The fourth-order valence-electron chi connectivity index (χ4n) is 2.17. The van der Waals surface area contributed by atoms with Gasteiger partial charge in [0.15, 0.2) is 6.10 Å². The number of carbonyl (C=O) groups excluding carboxylic acids is 2. The van der Waals surface area contributed by atoms with Gasteiger partial charge >= 0.3 is 5.97 Å². The molecule has 2 atom stereocenters. The van der Waals surface area contributed by atoms with Crippen molar-refractivity contribution in [2.24, 2.45) is 11.8 Å². The first-order chi connectivity index (χ1) is 9.51. The van der Waals surface area contributed by atoms with Crippen molar-refractivity contribution in [1.29, 1.82) is 0 Å². The predicted octanol–water partition coefficient (Wildman–Crippen LogP) is 1.21. The third kappa shape index (κ3) is 11.3. The second kappa shape index (κ2) is 9.03. The molecule has 124 valence electrons. The second-order valence-electron chi connectivity index (χ2n) is 7.33. The Balaban J connectivity index is 4.40. The highest BCUT2D eigenvalue weighted by Crippen LogP contribution is 2.15. The lowest BCUT2D eigenvalue weighted by Crippen LogP contribution is -2.45. The SMILES string of the molecule is CC(C)CCCC(C)C(=O)O[C@H](CC(=O)[O-])C[N+](C)(C)C. The van der Waals surface area contributed by atoms with Gasteiger partial charge in [-0.25, -0.2) is 0 Å². The fourth-order valence-corrected chi connectivity index (χ4v) is 2.17. The maximum atomic E-state index is 12.1. The number of hydrogen-bond acceptors (Lipinski definition) is 4. The standard InChI is InChI=1S/C16H31NO4/c1-12(2)8-7-9-13(3)16(20)21-14(10-15(18)19)11-17(4,5)6/h12-14H,7-11H2,1-6H3/t13?,14-/m1/s1. The van der Waals surface area contributed by atoms with E-state index in [1.165, 1.54) is 0 Å². The van der Waals surface area contributed by atoms with E-state index in [0.29, 0.717) is 16.9 Å². The molecule has 0 radical (unpaired) electrons. The van der Waals surface area contributed by atoms with Crippen molar-refractivity contribution in [1.82, 2.24) is 0 Å². The molecule has 21 heavy (non-hydrogen) atoms. The molecule has 0 aliphatic carbocycles. The largest absolute Gasteiger partial charge is 0.550 e. The summed E-state index contributed by atoms with van der Waals surface area (Å²) in [7, 11) is 5.80. The summed E-state index contributed by atoms with van der Waals surface area (Å²) in [6.07, 6.45) is 1.96. The third-order valence-corrected chi connectivity index (χ3v) is 3.25. The maximum absolute atomic E-state index is 12.1. The van der Waals surface area contributed by atoms with E-state index in [1.807, 2.05) is 28.1 Å². The number of likely N-dealkylation sites (N-methyl/N-ethyl adjacent to an activating group) is 1. The summed E-state index contributed by atoms with van der Waals surface area (Å²) >= 11 is 0. The van der Waals surface area contributed by atoms with Crippen LogP contribution < -0.4 is 5.11 Å². The number of carbonyl (C=O) groups is 2. The Hall–Kier alpha value is -1.10. The average Bonchev–Trinajstić information content (AvgIpc) is 2.24. The molecule has 0 amide bonds. The van der Waals surface area contributed by atoms with Gasteiger partial charge in [0.25, 0.3) is 0 Å². The van der Waals surface area contributed by atoms with Gasteiger partial charge < -0.3 is 19.1 Å². The van der Waals surface area contributed by atoms with Crippen LogP contribution in [-0.2, 0) is 14.3 Å². The van der Waals surface area contributed by atoms with Crippen LogP contribution in [0.4, 0.5) is 0 Å². The van der Waals surface area contributed by atoms with E-state index in [1.54, 1.807) is 0 Å². The van der Waals surface area contributed by atoms with Crippen molar-refractivity contribution in [3.63, 3.8) is 0 Å². The molecule has 0 N–H and O–H groups in total. The van der Waals surface area contributed by atoms with Crippen LogP contribution in [0, 0.1) is 11.8 Å². The van der Waals surface area contributed by atoms with Crippen molar-refractivity contribution < 1.29 is 23.9 Å². The average molecular weight is 301 g/mol. The topological polar surface area (TPSA) is 66.4 Å². The molecular weight excluding hydrogens is 270 g/mol. The molecule has 0 fully saturated rings. The van der Waals surface area contributed by atoms with Gasteiger partial charge in [-0.15, -0.1) is 0 Å². The van der Waals surface area contributed by atoms with Gasteiger partial charge in [-0.1, -0.05) is 33.6 Å². The Morgan fingerprint density at radius 2 is 1.67 bits per heavy atom. The number of rotatable bonds is 10. The Kier molecular flexibility index (Phi) is 8.55. The molecule has 5 nitrogen and oxygen atoms in total. The van der Waals surface area contributed by atoms with Gasteiger partial charge in [-0.2, -0.15) is 0 Å². The number of carboxylic acids is 1. The van der Waals surface area contributed by atoms with Gasteiger partial charge in [-0.3, -0.25) is 4.79 Å². The van der Waals surface area contributed by atoms with E-state index in [4.69, 9.17) is 4.74 Å². The van der Waals surface area contributed by atoms with Crippen LogP contribution in [0.2, 0.25) is 0 Å². The lowest BCUT2D eigenvalue weighted by atomic mass is 10.00. The zero-order chi connectivity index (χ0) is 16.6. The molecule has 0 saturated carbocycles. The summed E-state index contributed by atoms with van der Waals surface area (Å²) in [4.78, 5) is 22.8. The highest BCUT2D eigenvalue weighted by atomic mass is 16.5. The lowest BCUT2D eigenvalue weighted by Gasteiger charge is -2.29. The maximum Gasteiger partial charge on any atom is 0.309 e. The Bertz CT molecular complexity index is 334. The van der Waals surface area contributed by atoms with Crippen molar-refractivity contribution in [3.8, 4) is 0 Å². The van der Waals surface area contributed by atoms with Gasteiger partial charge in [0, 0.05) is 12.4 Å². The number of carboxylic acid groups (broad SMARTS) is 1. The monoisotopic (exact) mass is 301 g/mol. The zero-order valence-electron chi connectivity index (χ0n) is 14.3. The lowest BCUT2D eigenvalue weighted by molar-refractivity contribution is -0.873. The van der Waals surface area contributed by atoms with Crippen LogP contribution in [0.25, 0.3) is 0 Å². The summed E-state index contributed by atoms with van der Waals surface area (Å²) in [5.74, 6) is -1.06. The molecule has 0 heterocycles. The van der Waals surface area contributed by atoms with E-state index >= 15 is 0 Å². The molecule has 0 aromatic rings. The van der Waals surface area contributed by atoms with Gasteiger partial charge in [0.2, 0.25) is 0 Å². The molecule has 0 spiro atoms. The number of nitrogens with zero attached hydrogens (tertiary/aromatic N) is 1. The Labute approximate surface area is 128 Å². The van der Waals surface area contributed by atoms with Crippen LogP contribution in [-0.4, -0.2) is 50.2 Å². The summed E-state index contributed by atoms with van der Waals surface area (Å²) in [5.41, 5.74) is 0. The smallest absolute Gasteiger partial charge is 0.309 e. The van der Waals surface area contributed by atoms with Crippen molar-refractivity contribution >= 4 is 11.9 Å². The predicted molar refractivity (Wildman–Crippen MR) is 80.3 cm³/mol. The third-order valence-electron chi connectivity index (χ3n) is 3.25. The minimum Gasteiger partial charge on any atom is -0.550 e. The fraction of sp³-hybridized carbons (Fsp3) is 0.875. The van der Waals surface area contributed by atoms with Crippen LogP contribution in [0.5, 0.6) is 0 Å². The first-order valence-electron chi connectivity index (χ1n) is 7.72. The van der Waals surface area contributed by atoms with Crippen molar-refractivity contribution in [2.45, 2.75) is 52.6 Å². The molecule has 0 rings (SSSR count). The normalized spacial score (nSPS) is 14.8. The van der Waals surface area contributed by atoms with Crippen molar-refractivity contribution in [2.75, 3.05) is 27.7 Å². The molecular formula is C16H31NO4. The van der Waals surface area contributed by atoms with Crippen LogP contribution in [0.1, 0.15) is 46.5 Å². The van der Waals surface area contributed by atoms with Crippen LogP contribution in [0.3, 0.4) is 0 Å². The summed E-state index contributed by atoms with van der Waals surface area (Å²) < 4.78 is 5.92. The van der Waals surface area contributed by atoms with E-state index in [9.17, 15) is 14.7 Å². The van der Waals surface area contributed by atoms with Gasteiger partial charge in [0.1, 0.15) is 6.54 Å². The molecule has 0 saturated heterocycles. The number of ether oxygens (including phenoxy) is 1. The highest BCUT2D eigenvalue weighted by Gasteiger charge is 2.24. The number of esters is 1. The minimum absolute atomic E-state index is 0.194. The number of quaternary nitrogens is 1. The zero-order valence-corrected chi connectivity index (χ0v) is 14.3. The number of aliphatic carboxylic acids is 1. The molecule has 1 unspecified atom stereocenters. The highest BCUT2D eigenvalue weighted by molar-refractivity contribution is 5.73. The molecule has 0 aromatic heterocycles. The van der Waals surface area contributed by atoms with Crippen LogP contribution in [0.15, 0.2) is 0 Å². The van der Waals surface area contributed by atoms with E-state index in [0.717, 1.165) is 19.3 Å². The van der Waals surface area contributed by atoms with Gasteiger partial charge in [0.05, 0.1) is 27.1 Å². The van der Waals surface area contributed by atoms with Crippen molar-refractivity contribution in [3.05, 3.63) is 0 Å². The summed E-state index contributed by atoms with van der Waals surface area (Å²) in [6.45, 7) is 6.60. The quantitative estimate of drug-likeness (QED) is 0.449. The van der Waals surface area contributed by atoms with E-state index < -0.39 is 12.1 Å². The molecule has 0 aliphatic heterocycles. The van der Waals surface area contributed by atoms with Crippen LogP contribution >= 0.6 is 0 Å². The van der Waals surface area contributed by atoms with E-state index in [-0.39, 0.29) is 18.3 Å². The number of hydrogen-bond donors (Lipinski definition) is 0. The summed E-state index contributed by atoms with van der Waals surface area (Å²) in [5, 5.41) is 10.8. The first kappa shape index (κ1) is 19.9. The molecule has 0 aromatic carbocycles. The van der Waals surface area contributed by atoms with Gasteiger partial charge in [-0.05, 0) is 12.3 Å². The van der Waals surface area contributed by atoms with E-state index in [2.05, 4.69) is 13.8 Å². The Morgan fingerprint density at radius 1 is 1.10 bits per heavy atom. The minimum atomic E-state index is -1.19. The Morgan fingerprint density at radius 3 is 2.10 bits per heavy atom. The molecule has 0 aliphatic rings. The molecule has 5 heteroatoms. The molecule has 0 bridgehead atoms. The second-order valence-corrected chi connectivity index (χ2v) is 7.33. The summed E-state index contributed by atoms with van der Waals surface area (Å²) in [6, 6.07) is 0. The first-order valence-corrected chi connectivity index (χ1v) is 7.72.